The molecule has 2 heteroatoms. The molecule has 1 atom stereocenters. The Morgan fingerprint density at radius 1 is 1.27 bits per heavy atom. The van der Waals surface area contributed by atoms with E-state index >= 15 is 0 Å². The van der Waals surface area contributed by atoms with Gasteiger partial charge < -0.3 is 0 Å². The van der Waals surface area contributed by atoms with Crippen LogP contribution >= 0.6 is 0 Å². The molecular formula is C9H12Si2. The topological polar surface area (TPSA) is 0 Å². The summed E-state index contributed by atoms with van der Waals surface area (Å²) in [4.78, 5) is 0. The van der Waals surface area contributed by atoms with Gasteiger partial charge in [-0.3, -0.25) is 0 Å². The minimum atomic E-state index is -1.65. The Morgan fingerprint density at radius 2 is 1.82 bits per heavy atom. The zero-order valence-corrected chi connectivity index (χ0v) is 9.39. The first-order valence-electron chi connectivity index (χ1n) is 3.48. The Hall–Kier alpha value is -0.886. The molecule has 0 aromatic heterocycles. The van der Waals surface area contributed by atoms with E-state index in [1.807, 2.05) is 6.55 Å². The van der Waals surface area contributed by atoms with Crippen molar-refractivity contribution in [1.29, 1.82) is 0 Å². The van der Waals surface area contributed by atoms with Crippen LogP contribution in [0, 0.1) is 35.0 Å². The Bertz CT molecular complexity index is 265. The molecule has 0 aliphatic heterocycles. The minimum Gasteiger partial charge on any atom is -0.126 e. The lowest BCUT2D eigenvalue weighted by Gasteiger charge is -2.02. The van der Waals surface area contributed by atoms with Gasteiger partial charge in [-0.2, -0.15) is 0 Å². The molecule has 0 bridgehead atoms. The van der Waals surface area contributed by atoms with E-state index in [-0.39, 0.29) is 0 Å². The summed E-state index contributed by atoms with van der Waals surface area (Å²) < 4.78 is 0. The third kappa shape index (κ3) is 4.51. The minimum absolute atomic E-state index is 1.19. The summed E-state index contributed by atoms with van der Waals surface area (Å²) in [5.41, 5.74) is 11.6. The van der Waals surface area contributed by atoms with Crippen LogP contribution < -0.4 is 0 Å². The zero-order valence-electron chi connectivity index (χ0n) is 7.23. The first-order chi connectivity index (χ1) is 5.02. The molecule has 0 spiro atoms. The maximum absolute atomic E-state index is 5.31. The van der Waals surface area contributed by atoms with E-state index in [0.717, 1.165) is 0 Å². The molecule has 0 amide bonds. The monoisotopic (exact) mass is 176 g/mol. The standard InChI is InChI=1S/C9H12Si2/c1-6-10(3)8-9-11(4,5)7-2/h1-2,10H,3-5H3. The highest BCUT2D eigenvalue weighted by Crippen LogP contribution is 1.95. The van der Waals surface area contributed by atoms with Crippen molar-refractivity contribution in [1.82, 2.24) is 0 Å². The second-order valence-corrected chi connectivity index (χ2v) is 8.78. The van der Waals surface area contributed by atoms with E-state index in [9.17, 15) is 0 Å². The average molecular weight is 176 g/mol. The molecule has 0 radical (unpaired) electrons. The molecule has 0 saturated heterocycles. The molecule has 0 N–H and O–H groups in total. The Labute approximate surface area is 72.0 Å². The maximum Gasteiger partial charge on any atom is 0.209 e. The van der Waals surface area contributed by atoms with Crippen LogP contribution in [0.1, 0.15) is 0 Å². The summed E-state index contributed by atoms with van der Waals surface area (Å²) >= 11 is 0. The van der Waals surface area contributed by atoms with Crippen LogP contribution in [0.4, 0.5) is 0 Å². The van der Waals surface area contributed by atoms with Crippen LogP contribution in [0.3, 0.4) is 0 Å². The highest BCUT2D eigenvalue weighted by Gasteiger charge is 2.12. The summed E-state index contributed by atoms with van der Waals surface area (Å²) in [5.74, 6) is 0. The number of hydrogen-bond donors (Lipinski definition) is 0. The molecule has 0 rings (SSSR count). The van der Waals surface area contributed by atoms with Crippen LogP contribution in [-0.2, 0) is 0 Å². The van der Waals surface area contributed by atoms with Crippen molar-refractivity contribution < 1.29 is 0 Å². The van der Waals surface area contributed by atoms with Crippen molar-refractivity contribution in [3.63, 3.8) is 0 Å². The molecule has 0 fully saturated rings. The van der Waals surface area contributed by atoms with Crippen molar-refractivity contribution in [2.75, 3.05) is 0 Å². The lowest BCUT2D eigenvalue weighted by Crippen LogP contribution is -2.21. The van der Waals surface area contributed by atoms with E-state index in [4.69, 9.17) is 12.8 Å². The van der Waals surface area contributed by atoms with E-state index in [1.54, 1.807) is 0 Å². The van der Waals surface area contributed by atoms with E-state index < -0.39 is 16.9 Å². The van der Waals surface area contributed by atoms with Gasteiger partial charge in [-0.25, -0.2) is 0 Å². The molecule has 1 unspecified atom stereocenters. The normalized spacial score (nSPS) is 11.7. The van der Waals surface area contributed by atoms with Gasteiger partial charge in [0.2, 0.25) is 8.07 Å². The Kier molecular flexibility index (Phi) is 3.76. The number of hydrogen-bond acceptors (Lipinski definition) is 0. The van der Waals surface area contributed by atoms with Gasteiger partial charge in [0.05, 0.1) is 0 Å². The Balaban J connectivity index is 4.35. The van der Waals surface area contributed by atoms with Crippen LogP contribution in [-0.4, -0.2) is 16.9 Å². The molecule has 0 heterocycles. The van der Waals surface area contributed by atoms with E-state index in [0.29, 0.717) is 0 Å². The maximum atomic E-state index is 5.31. The summed E-state index contributed by atoms with van der Waals surface area (Å²) in [6, 6.07) is 0. The van der Waals surface area contributed by atoms with Crippen LogP contribution in [0.15, 0.2) is 0 Å². The summed E-state index contributed by atoms with van der Waals surface area (Å²) in [6.07, 6.45) is 10.5. The zero-order chi connectivity index (χ0) is 8.91. The first kappa shape index (κ1) is 10.1. The quantitative estimate of drug-likeness (QED) is 0.381. The fourth-order valence-electron chi connectivity index (χ4n) is 0.366. The summed E-state index contributed by atoms with van der Waals surface area (Å²) in [5, 5.41) is 0. The summed E-state index contributed by atoms with van der Waals surface area (Å²) in [6.45, 7) is 6.14. The molecule has 0 aliphatic rings. The predicted octanol–water partition coefficient (Wildman–Crippen LogP) is 0.978. The molecule has 0 nitrogen and oxygen atoms in total. The molecule has 0 aromatic rings. The van der Waals surface area contributed by atoms with E-state index in [1.165, 1.54) is 0 Å². The van der Waals surface area contributed by atoms with Gasteiger partial charge in [-0.1, -0.05) is 6.55 Å². The highest BCUT2D eigenvalue weighted by molar-refractivity contribution is 6.93. The smallest absolute Gasteiger partial charge is 0.126 e. The van der Waals surface area contributed by atoms with Crippen LogP contribution in [0.5, 0.6) is 0 Å². The lowest BCUT2D eigenvalue weighted by atomic mass is 11.3. The second kappa shape index (κ2) is 4.09. The van der Waals surface area contributed by atoms with Gasteiger partial charge in [0.15, 0.2) is 8.80 Å². The van der Waals surface area contributed by atoms with Gasteiger partial charge in [-0.15, -0.1) is 35.0 Å². The number of rotatable bonds is 0. The molecule has 56 valence electrons. The average Bonchev–Trinajstić information content (AvgIpc) is 2.00. The van der Waals surface area contributed by atoms with Crippen molar-refractivity contribution in [3.8, 4) is 35.0 Å². The fraction of sp³-hybridized carbons (Fsp3) is 0.333. The molecular weight excluding hydrogens is 164 g/mol. The van der Waals surface area contributed by atoms with Gasteiger partial charge >= 0.3 is 0 Å². The van der Waals surface area contributed by atoms with Gasteiger partial charge in [-0.05, 0) is 13.1 Å². The molecule has 11 heavy (non-hydrogen) atoms. The third-order valence-corrected chi connectivity index (χ3v) is 4.07. The van der Waals surface area contributed by atoms with E-state index in [2.05, 4.69) is 35.3 Å². The van der Waals surface area contributed by atoms with Gasteiger partial charge in [0.1, 0.15) is 0 Å². The first-order valence-corrected chi connectivity index (χ1v) is 8.79. The third-order valence-electron chi connectivity index (χ3n) is 1.21. The largest absolute Gasteiger partial charge is 0.209 e. The van der Waals surface area contributed by atoms with Crippen molar-refractivity contribution >= 4 is 16.9 Å². The van der Waals surface area contributed by atoms with Gasteiger partial charge in [0.25, 0.3) is 0 Å². The van der Waals surface area contributed by atoms with Crippen molar-refractivity contribution in [2.24, 2.45) is 0 Å². The second-order valence-electron chi connectivity index (χ2n) is 2.93. The SMILES string of the molecule is C#C[SiH](C)C#C[Si](C)(C)C#C. The molecule has 0 aromatic carbocycles. The lowest BCUT2D eigenvalue weighted by molar-refractivity contribution is 1.94. The molecule has 0 saturated carbocycles. The van der Waals surface area contributed by atoms with Crippen LogP contribution in [0.2, 0.25) is 19.6 Å². The fourth-order valence-corrected chi connectivity index (χ4v) is 2.83. The Morgan fingerprint density at radius 3 is 2.18 bits per heavy atom. The van der Waals surface area contributed by atoms with Crippen molar-refractivity contribution in [3.05, 3.63) is 0 Å². The van der Waals surface area contributed by atoms with Crippen LogP contribution in [0.25, 0.3) is 0 Å². The number of terminal acetylenes is 2. The van der Waals surface area contributed by atoms with Gasteiger partial charge in [0, 0.05) is 0 Å². The summed E-state index contributed by atoms with van der Waals surface area (Å²) in [7, 11) is -2.84. The molecule has 0 aliphatic carbocycles. The van der Waals surface area contributed by atoms with Crippen molar-refractivity contribution in [2.45, 2.75) is 19.6 Å². The predicted molar refractivity (Wildman–Crippen MR) is 55.9 cm³/mol. The highest BCUT2D eigenvalue weighted by atomic mass is 28.3.